The van der Waals surface area contributed by atoms with Gasteiger partial charge < -0.3 is 15.4 Å². The van der Waals surface area contributed by atoms with Gasteiger partial charge in [0.05, 0.1) is 13.2 Å². The molecule has 1 saturated carbocycles. The monoisotopic (exact) mass is 254 g/mol. The first-order valence-electron chi connectivity index (χ1n) is 7.65. The Bertz CT molecular complexity index is 249. The maximum atomic E-state index is 5.52. The zero-order valence-electron chi connectivity index (χ0n) is 12.3. The summed E-state index contributed by atoms with van der Waals surface area (Å²) in [4.78, 5) is 0. The van der Waals surface area contributed by atoms with Crippen LogP contribution in [0.1, 0.15) is 52.9 Å². The van der Waals surface area contributed by atoms with Gasteiger partial charge in [0.25, 0.3) is 0 Å². The molecule has 3 nitrogen and oxygen atoms in total. The van der Waals surface area contributed by atoms with E-state index in [1.807, 2.05) is 0 Å². The van der Waals surface area contributed by atoms with Gasteiger partial charge in [-0.15, -0.1) is 0 Å². The van der Waals surface area contributed by atoms with Gasteiger partial charge >= 0.3 is 0 Å². The van der Waals surface area contributed by atoms with E-state index in [1.165, 1.54) is 32.1 Å². The SMILES string of the molecule is CC(CC1COCCN1)NC1CCCCC1(C)C. The van der Waals surface area contributed by atoms with Crippen molar-refractivity contribution in [3.05, 3.63) is 0 Å². The number of morpholine rings is 1. The third-order valence-electron chi connectivity index (χ3n) is 4.63. The van der Waals surface area contributed by atoms with Crippen molar-refractivity contribution in [2.24, 2.45) is 5.41 Å². The standard InChI is InChI=1S/C15H30N2O/c1-12(10-13-11-18-9-8-16-13)17-14-6-4-5-7-15(14,2)3/h12-14,16-17H,4-11H2,1-3H3. The average Bonchev–Trinajstić information content (AvgIpc) is 2.33. The molecule has 1 heterocycles. The highest BCUT2D eigenvalue weighted by Crippen LogP contribution is 2.35. The van der Waals surface area contributed by atoms with Crippen LogP contribution in [0.3, 0.4) is 0 Å². The minimum Gasteiger partial charge on any atom is -0.379 e. The van der Waals surface area contributed by atoms with Gasteiger partial charge in [-0.3, -0.25) is 0 Å². The van der Waals surface area contributed by atoms with Crippen molar-refractivity contribution >= 4 is 0 Å². The largest absolute Gasteiger partial charge is 0.379 e. The summed E-state index contributed by atoms with van der Waals surface area (Å²) < 4.78 is 5.52. The van der Waals surface area contributed by atoms with Gasteiger partial charge in [-0.1, -0.05) is 26.7 Å². The highest BCUT2D eigenvalue weighted by atomic mass is 16.5. The van der Waals surface area contributed by atoms with Crippen molar-refractivity contribution in [1.29, 1.82) is 0 Å². The van der Waals surface area contributed by atoms with Crippen LogP contribution >= 0.6 is 0 Å². The molecule has 3 heteroatoms. The van der Waals surface area contributed by atoms with Crippen molar-refractivity contribution < 1.29 is 4.74 Å². The van der Waals surface area contributed by atoms with Crippen LogP contribution in [-0.2, 0) is 4.74 Å². The normalized spacial score (nSPS) is 34.2. The Morgan fingerprint density at radius 2 is 2.22 bits per heavy atom. The molecule has 3 atom stereocenters. The molecule has 2 N–H and O–H groups in total. The Labute approximate surface area is 112 Å². The van der Waals surface area contributed by atoms with Gasteiger partial charge in [-0.2, -0.15) is 0 Å². The predicted molar refractivity (Wildman–Crippen MR) is 75.9 cm³/mol. The van der Waals surface area contributed by atoms with E-state index >= 15 is 0 Å². The quantitative estimate of drug-likeness (QED) is 0.808. The third-order valence-corrected chi connectivity index (χ3v) is 4.63. The summed E-state index contributed by atoms with van der Waals surface area (Å²) in [5.41, 5.74) is 0.461. The van der Waals surface area contributed by atoms with E-state index in [9.17, 15) is 0 Å². The Morgan fingerprint density at radius 3 is 2.89 bits per heavy atom. The third kappa shape index (κ3) is 3.94. The molecule has 106 valence electrons. The van der Waals surface area contributed by atoms with Gasteiger partial charge in [0.2, 0.25) is 0 Å². The summed E-state index contributed by atoms with van der Waals surface area (Å²) in [6, 6.07) is 1.80. The molecule has 0 aromatic rings. The maximum absolute atomic E-state index is 5.52. The lowest BCUT2D eigenvalue weighted by Gasteiger charge is -2.41. The molecule has 1 saturated heterocycles. The molecule has 2 rings (SSSR count). The fourth-order valence-electron chi connectivity index (χ4n) is 3.41. The second-order valence-corrected chi connectivity index (χ2v) is 6.82. The predicted octanol–water partition coefficient (Wildman–Crippen LogP) is 2.31. The molecular formula is C15H30N2O. The molecule has 2 aliphatic rings. The van der Waals surface area contributed by atoms with E-state index in [-0.39, 0.29) is 0 Å². The summed E-state index contributed by atoms with van der Waals surface area (Å²) in [5, 5.41) is 7.40. The Balaban J connectivity index is 1.77. The molecule has 3 unspecified atom stereocenters. The topological polar surface area (TPSA) is 33.3 Å². The van der Waals surface area contributed by atoms with Crippen LogP contribution in [0.25, 0.3) is 0 Å². The van der Waals surface area contributed by atoms with Gasteiger partial charge in [0.15, 0.2) is 0 Å². The first-order chi connectivity index (χ1) is 8.58. The molecule has 1 aliphatic carbocycles. The first-order valence-corrected chi connectivity index (χ1v) is 7.65. The van der Waals surface area contributed by atoms with Gasteiger partial charge in [0.1, 0.15) is 0 Å². The van der Waals surface area contributed by atoms with E-state index in [0.717, 1.165) is 19.8 Å². The van der Waals surface area contributed by atoms with E-state index in [0.29, 0.717) is 23.5 Å². The summed E-state index contributed by atoms with van der Waals surface area (Å²) in [5.74, 6) is 0. The van der Waals surface area contributed by atoms with Gasteiger partial charge in [-0.25, -0.2) is 0 Å². The number of hydrogen-bond acceptors (Lipinski definition) is 3. The Morgan fingerprint density at radius 1 is 1.39 bits per heavy atom. The zero-order chi connectivity index (χ0) is 13.0. The Hall–Kier alpha value is -0.120. The molecule has 2 fully saturated rings. The number of hydrogen-bond donors (Lipinski definition) is 2. The van der Waals surface area contributed by atoms with Crippen LogP contribution in [0.15, 0.2) is 0 Å². The second kappa shape index (κ2) is 6.36. The second-order valence-electron chi connectivity index (χ2n) is 6.82. The molecule has 0 aromatic carbocycles. The maximum Gasteiger partial charge on any atom is 0.0620 e. The van der Waals surface area contributed by atoms with E-state index in [4.69, 9.17) is 4.74 Å². The van der Waals surface area contributed by atoms with Crippen molar-refractivity contribution in [3.63, 3.8) is 0 Å². The van der Waals surface area contributed by atoms with Crippen LogP contribution in [0.4, 0.5) is 0 Å². The molecule has 18 heavy (non-hydrogen) atoms. The lowest BCUT2D eigenvalue weighted by molar-refractivity contribution is 0.0682. The van der Waals surface area contributed by atoms with E-state index in [2.05, 4.69) is 31.4 Å². The fraction of sp³-hybridized carbons (Fsp3) is 1.00. The molecule has 1 aliphatic heterocycles. The van der Waals surface area contributed by atoms with Crippen LogP contribution in [0.2, 0.25) is 0 Å². The average molecular weight is 254 g/mol. The van der Waals surface area contributed by atoms with Crippen LogP contribution in [0, 0.1) is 5.41 Å². The van der Waals surface area contributed by atoms with Crippen molar-refractivity contribution in [2.75, 3.05) is 19.8 Å². The van der Waals surface area contributed by atoms with Crippen LogP contribution in [0.5, 0.6) is 0 Å². The molecule has 0 radical (unpaired) electrons. The van der Waals surface area contributed by atoms with E-state index < -0.39 is 0 Å². The van der Waals surface area contributed by atoms with Gasteiger partial charge in [-0.05, 0) is 31.6 Å². The lowest BCUT2D eigenvalue weighted by Crippen LogP contribution is -2.51. The molecular weight excluding hydrogens is 224 g/mol. The smallest absolute Gasteiger partial charge is 0.0620 e. The summed E-state index contributed by atoms with van der Waals surface area (Å²) in [6.45, 7) is 9.90. The van der Waals surface area contributed by atoms with Crippen molar-refractivity contribution in [3.8, 4) is 0 Å². The summed E-state index contributed by atoms with van der Waals surface area (Å²) in [6.07, 6.45) is 6.66. The summed E-state index contributed by atoms with van der Waals surface area (Å²) >= 11 is 0. The molecule has 0 bridgehead atoms. The van der Waals surface area contributed by atoms with Crippen LogP contribution in [-0.4, -0.2) is 37.9 Å². The Kier molecular flexibility index (Phi) is 5.05. The first kappa shape index (κ1) is 14.3. The highest BCUT2D eigenvalue weighted by molar-refractivity contribution is 4.90. The summed E-state index contributed by atoms with van der Waals surface area (Å²) in [7, 11) is 0. The van der Waals surface area contributed by atoms with Crippen molar-refractivity contribution in [2.45, 2.75) is 71.0 Å². The number of nitrogens with one attached hydrogen (secondary N) is 2. The van der Waals surface area contributed by atoms with Crippen molar-refractivity contribution in [1.82, 2.24) is 10.6 Å². The minimum atomic E-state index is 0.461. The minimum absolute atomic E-state index is 0.461. The fourth-order valence-corrected chi connectivity index (χ4v) is 3.41. The van der Waals surface area contributed by atoms with Crippen LogP contribution < -0.4 is 10.6 Å². The molecule has 0 spiro atoms. The van der Waals surface area contributed by atoms with E-state index in [1.54, 1.807) is 0 Å². The van der Waals surface area contributed by atoms with Gasteiger partial charge in [0, 0.05) is 24.7 Å². The molecule has 0 aromatic heterocycles. The molecule has 0 amide bonds. The number of rotatable bonds is 4. The lowest BCUT2D eigenvalue weighted by atomic mass is 9.73. The zero-order valence-corrected chi connectivity index (χ0v) is 12.3. The number of ether oxygens (including phenoxy) is 1. The highest BCUT2D eigenvalue weighted by Gasteiger charge is 2.33.